The Labute approximate surface area is 248 Å². The molecule has 1 fully saturated rings. The van der Waals surface area contributed by atoms with Gasteiger partial charge in [-0.2, -0.15) is 10.5 Å². The maximum atomic E-state index is 12.5. The number of fused-ring (bicyclic) bond motifs is 1. The number of amides is 1. The van der Waals surface area contributed by atoms with Crippen molar-refractivity contribution in [1.29, 1.82) is 10.5 Å². The van der Waals surface area contributed by atoms with Gasteiger partial charge in [-0.15, -0.1) is 5.10 Å². The molecule has 4 aromatic rings. The van der Waals surface area contributed by atoms with Gasteiger partial charge in [-0.05, 0) is 29.2 Å². The van der Waals surface area contributed by atoms with E-state index in [1.54, 1.807) is 24.4 Å². The van der Waals surface area contributed by atoms with Gasteiger partial charge in [0.15, 0.2) is 5.54 Å². The van der Waals surface area contributed by atoms with Crippen molar-refractivity contribution >= 4 is 39.8 Å². The van der Waals surface area contributed by atoms with Crippen LogP contribution < -0.4 is 16.4 Å². The minimum Gasteiger partial charge on any atom is -0.383 e. The molecule has 5 rings (SSSR count). The summed E-state index contributed by atoms with van der Waals surface area (Å²) >= 11 is 6.67. The van der Waals surface area contributed by atoms with Crippen LogP contribution in [0.1, 0.15) is 55.6 Å². The van der Waals surface area contributed by atoms with Gasteiger partial charge in [0.05, 0.1) is 52.9 Å². The number of nitrogens with one attached hydrogen (secondary N) is 2. The molecule has 1 aliphatic heterocycles. The molecule has 1 saturated heterocycles. The van der Waals surface area contributed by atoms with Crippen molar-refractivity contribution < 1.29 is 9.53 Å². The molecule has 3 heterocycles. The summed E-state index contributed by atoms with van der Waals surface area (Å²) in [6, 6.07) is 14.5. The maximum Gasteiger partial charge on any atom is 0.247 e. The molecule has 12 heteroatoms. The van der Waals surface area contributed by atoms with Gasteiger partial charge in [0.1, 0.15) is 11.8 Å². The predicted molar refractivity (Wildman–Crippen MR) is 159 cm³/mol. The van der Waals surface area contributed by atoms with Crippen LogP contribution in [0.4, 0.5) is 11.4 Å². The van der Waals surface area contributed by atoms with Crippen LogP contribution in [-0.2, 0) is 15.1 Å². The highest BCUT2D eigenvalue weighted by atomic mass is 35.5. The van der Waals surface area contributed by atoms with Crippen molar-refractivity contribution in [1.82, 2.24) is 20.0 Å². The zero-order valence-electron chi connectivity index (χ0n) is 23.5. The normalized spacial score (nSPS) is 17.4. The SMILES string of the molecule is CC(C)(C)CNc1c(C#N)cnc2c(N[C@H](c3cn(C4(C(N)=O)CCOC4)nn3)c3ccccc3Cl)cc(C#N)cc12. The summed E-state index contributed by atoms with van der Waals surface area (Å²) in [6.45, 7) is 7.33. The van der Waals surface area contributed by atoms with E-state index in [1.165, 1.54) is 10.9 Å². The fourth-order valence-corrected chi connectivity index (χ4v) is 5.19. The Hall–Kier alpha value is -4.71. The molecule has 1 amide bonds. The number of primary amides is 1. The Balaban J connectivity index is 1.66. The molecule has 0 spiro atoms. The number of anilines is 2. The van der Waals surface area contributed by atoms with E-state index in [4.69, 9.17) is 22.1 Å². The molecule has 0 aliphatic carbocycles. The summed E-state index contributed by atoms with van der Waals surface area (Å²) in [5, 5.41) is 36.4. The van der Waals surface area contributed by atoms with E-state index in [0.29, 0.717) is 69.3 Å². The van der Waals surface area contributed by atoms with Crippen LogP contribution in [-0.4, -0.2) is 45.6 Å². The largest absolute Gasteiger partial charge is 0.383 e. The van der Waals surface area contributed by atoms with Crippen LogP contribution in [0.5, 0.6) is 0 Å². The number of nitriles is 2. The first-order valence-corrected chi connectivity index (χ1v) is 13.8. The first-order valence-electron chi connectivity index (χ1n) is 13.4. The fourth-order valence-electron chi connectivity index (χ4n) is 4.94. The van der Waals surface area contributed by atoms with E-state index in [9.17, 15) is 15.3 Å². The molecule has 0 bridgehead atoms. The van der Waals surface area contributed by atoms with Gasteiger partial charge < -0.3 is 21.1 Å². The minimum absolute atomic E-state index is 0.0656. The van der Waals surface area contributed by atoms with Crippen molar-refractivity contribution in [2.75, 3.05) is 30.4 Å². The highest BCUT2D eigenvalue weighted by Gasteiger charge is 2.44. The molecule has 0 saturated carbocycles. The number of carbonyl (C=O) groups excluding carboxylic acids is 1. The summed E-state index contributed by atoms with van der Waals surface area (Å²) in [6.07, 6.45) is 3.55. The van der Waals surface area contributed by atoms with E-state index in [1.807, 2.05) is 18.2 Å². The molecule has 2 aromatic heterocycles. The standard InChI is InChI=1S/C30H30ClN9O2/c1-29(2,3)16-36-25-19(13-33)14-35-26-21(25)10-18(12-32)11-23(26)37-27(20-6-4-5-7-22(20)31)24-15-40(39-38-24)30(28(34)41)8-9-42-17-30/h4-7,10-11,14-15,27,37H,8-9,16-17H2,1-3H3,(H2,34,41)(H,35,36)/t27-,30?/m0/s1. The third-order valence-electron chi connectivity index (χ3n) is 7.24. The van der Waals surface area contributed by atoms with Crippen LogP contribution in [0.25, 0.3) is 10.9 Å². The number of hydrogen-bond donors (Lipinski definition) is 3. The van der Waals surface area contributed by atoms with E-state index in [0.717, 1.165) is 0 Å². The Morgan fingerprint density at radius 2 is 2.05 bits per heavy atom. The van der Waals surface area contributed by atoms with Crippen molar-refractivity contribution in [3.05, 3.63) is 76.2 Å². The van der Waals surface area contributed by atoms with E-state index >= 15 is 0 Å². The van der Waals surface area contributed by atoms with Crippen molar-refractivity contribution in [2.24, 2.45) is 11.1 Å². The third-order valence-corrected chi connectivity index (χ3v) is 7.58. The summed E-state index contributed by atoms with van der Waals surface area (Å²) in [4.78, 5) is 17.1. The molecule has 0 radical (unpaired) electrons. The van der Waals surface area contributed by atoms with Crippen molar-refractivity contribution in [2.45, 2.75) is 38.8 Å². The Morgan fingerprint density at radius 3 is 2.69 bits per heavy atom. The first kappa shape index (κ1) is 28.8. The van der Waals surface area contributed by atoms with Gasteiger partial charge >= 0.3 is 0 Å². The second kappa shape index (κ2) is 11.3. The second-order valence-electron chi connectivity index (χ2n) is 11.5. The molecule has 42 heavy (non-hydrogen) atoms. The van der Waals surface area contributed by atoms with Crippen LogP contribution in [0, 0.1) is 28.1 Å². The van der Waals surface area contributed by atoms with Gasteiger partial charge in [-0.3, -0.25) is 9.78 Å². The number of hydrogen-bond acceptors (Lipinski definition) is 9. The average Bonchev–Trinajstić information content (AvgIpc) is 3.65. The number of halogens is 1. The van der Waals surface area contributed by atoms with Gasteiger partial charge in [0.2, 0.25) is 5.91 Å². The van der Waals surface area contributed by atoms with Gasteiger partial charge in [-0.1, -0.05) is 55.8 Å². The third kappa shape index (κ3) is 5.45. The van der Waals surface area contributed by atoms with E-state index in [2.05, 4.69) is 58.8 Å². The zero-order valence-corrected chi connectivity index (χ0v) is 24.2. The zero-order chi connectivity index (χ0) is 30.1. The van der Waals surface area contributed by atoms with Crippen LogP contribution in [0.2, 0.25) is 5.02 Å². The Bertz CT molecular complexity index is 1740. The number of nitrogens with two attached hydrogens (primary N) is 1. The Kier molecular flexibility index (Phi) is 7.74. The fraction of sp³-hybridized carbons (Fsp3) is 0.333. The molecule has 11 nitrogen and oxygen atoms in total. The lowest BCUT2D eigenvalue weighted by molar-refractivity contribution is -0.127. The number of pyridine rings is 1. The summed E-state index contributed by atoms with van der Waals surface area (Å²) in [7, 11) is 0. The number of aromatic nitrogens is 4. The molecular formula is C30H30ClN9O2. The molecule has 2 atom stereocenters. The van der Waals surface area contributed by atoms with Gasteiger partial charge in [-0.25, -0.2) is 4.68 Å². The van der Waals surface area contributed by atoms with Crippen molar-refractivity contribution in [3.63, 3.8) is 0 Å². The van der Waals surface area contributed by atoms with E-state index in [-0.39, 0.29) is 12.0 Å². The molecular weight excluding hydrogens is 554 g/mol. The lowest BCUT2D eigenvalue weighted by Crippen LogP contribution is -2.47. The number of carbonyl (C=O) groups is 1. The lowest BCUT2D eigenvalue weighted by atomic mass is 9.96. The predicted octanol–water partition coefficient (Wildman–Crippen LogP) is 4.48. The lowest BCUT2D eigenvalue weighted by Gasteiger charge is -2.24. The number of nitrogens with zero attached hydrogens (tertiary/aromatic N) is 6. The number of rotatable bonds is 8. The highest BCUT2D eigenvalue weighted by Crippen LogP contribution is 2.37. The van der Waals surface area contributed by atoms with Crippen LogP contribution >= 0.6 is 11.6 Å². The smallest absolute Gasteiger partial charge is 0.247 e. The highest BCUT2D eigenvalue weighted by molar-refractivity contribution is 6.31. The van der Waals surface area contributed by atoms with E-state index < -0.39 is 17.5 Å². The molecule has 2 aromatic carbocycles. The maximum absolute atomic E-state index is 12.5. The van der Waals surface area contributed by atoms with Crippen LogP contribution in [0.3, 0.4) is 0 Å². The second-order valence-corrected chi connectivity index (χ2v) is 11.9. The average molecular weight is 584 g/mol. The van der Waals surface area contributed by atoms with Gasteiger partial charge in [0.25, 0.3) is 0 Å². The minimum atomic E-state index is -1.15. The number of benzene rings is 2. The van der Waals surface area contributed by atoms with Gasteiger partial charge in [0, 0.05) is 36.2 Å². The Morgan fingerprint density at radius 1 is 1.26 bits per heavy atom. The molecule has 4 N–H and O–H groups in total. The van der Waals surface area contributed by atoms with Crippen molar-refractivity contribution in [3.8, 4) is 12.1 Å². The molecule has 1 aliphatic rings. The topological polar surface area (TPSA) is 168 Å². The first-order chi connectivity index (χ1) is 20.1. The quantitative estimate of drug-likeness (QED) is 0.271. The molecule has 214 valence electrons. The summed E-state index contributed by atoms with van der Waals surface area (Å²) in [5.41, 5.74) is 8.14. The monoisotopic (exact) mass is 583 g/mol. The summed E-state index contributed by atoms with van der Waals surface area (Å²) in [5.74, 6) is -0.556. The summed E-state index contributed by atoms with van der Waals surface area (Å²) < 4.78 is 6.95. The molecule has 1 unspecified atom stereocenters. The van der Waals surface area contributed by atoms with Crippen LogP contribution in [0.15, 0.2) is 48.8 Å². The number of ether oxygens (including phenoxy) is 1.